The number of rotatable bonds is 8. The minimum absolute atomic E-state index is 0.0283. The van der Waals surface area contributed by atoms with Crippen LogP contribution in [0.15, 0.2) is 28.8 Å². The van der Waals surface area contributed by atoms with Gasteiger partial charge in [0.25, 0.3) is 0 Å². The molecular weight excluding hydrogens is 370 g/mol. The van der Waals surface area contributed by atoms with Crippen molar-refractivity contribution in [3.63, 3.8) is 0 Å². The Labute approximate surface area is 160 Å². The Hall–Kier alpha value is -2.81. The van der Waals surface area contributed by atoms with Gasteiger partial charge in [0.05, 0.1) is 11.5 Å². The highest BCUT2D eigenvalue weighted by Crippen LogP contribution is 2.21. The predicted octanol–water partition coefficient (Wildman–Crippen LogP) is 2.21. The second-order valence-corrected chi connectivity index (χ2v) is 6.98. The second kappa shape index (κ2) is 9.22. The molecule has 144 valence electrons. The van der Waals surface area contributed by atoms with Crippen molar-refractivity contribution in [3.05, 3.63) is 46.7 Å². The van der Waals surface area contributed by atoms with Gasteiger partial charge in [0.2, 0.25) is 11.8 Å². The molecule has 8 nitrogen and oxygen atoms in total. The number of amides is 2. The first-order valence-corrected chi connectivity index (χ1v) is 9.32. The van der Waals surface area contributed by atoms with Gasteiger partial charge in [-0.3, -0.25) is 9.59 Å². The van der Waals surface area contributed by atoms with E-state index in [9.17, 15) is 19.5 Å². The van der Waals surface area contributed by atoms with Crippen LogP contribution in [0.1, 0.15) is 28.5 Å². The number of carbonyl (C=O) groups is 3. The monoisotopic (exact) mass is 391 g/mol. The van der Waals surface area contributed by atoms with Crippen LogP contribution in [-0.4, -0.2) is 39.6 Å². The maximum atomic E-state index is 12.1. The Morgan fingerprint density at radius 2 is 1.89 bits per heavy atom. The van der Waals surface area contributed by atoms with Crippen molar-refractivity contribution in [2.24, 2.45) is 0 Å². The topological polar surface area (TPSA) is 122 Å². The zero-order valence-corrected chi connectivity index (χ0v) is 16.1. The Kier molecular flexibility index (Phi) is 7.00. The number of nitrogens with one attached hydrogen (secondary N) is 2. The van der Waals surface area contributed by atoms with Crippen LogP contribution < -0.4 is 10.6 Å². The fourth-order valence-electron chi connectivity index (χ4n) is 2.40. The van der Waals surface area contributed by atoms with E-state index in [4.69, 9.17) is 4.52 Å². The van der Waals surface area contributed by atoms with E-state index in [0.29, 0.717) is 17.1 Å². The lowest BCUT2D eigenvalue weighted by Crippen LogP contribution is -2.35. The number of aromatic nitrogens is 1. The van der Waals surface area contributed by atoms with E-state index >= 15 is 0 Å². The van der Waals surface area contributed by atoms with E-state index in [0.717, 1.165) is 22.9 Å². The van der Waals surface area contributed by atoms with Gasteiger partial charge in [-0.15, -0.1) is 11.8 Å². The Bertz CT molecular complexity index is 849. The summed E-state index contributed by atoms with van der Waals surface area (Å²) >= 11 is 1.08. The molecule has 3 N–H and O–H groups in total. The summed E-state index contributed by atoms with van der Waals surface area (Å²) in [5, 5.41) is 18.2. The molecule has 0 spiro atoms. The van der Waals surface area contributed by atoms with Gasteiger partial charge in [0.1, 0.15) is 5.76 Å². The number of carbonyl (C=O) groups excluding carboxylic acids is 2. The summed E-state index contributed by atoms with van der Waals surface area (Å²) < 4.78 is 4.84. The average Bonchev–Trinajstić information content (AvgIpc) is 3.00. The van der Waals surface area contributed by atoms with Crippen molar-refractivity contribution in [1.29, 1.82) is 0 Å². The number of hydrogen-bond donors (Lipinski definition) is 3. The molecule has 1 atom stereocenters. The third-order valence-electron chi connectivity index (χ3n) is 3.87. The van der Waals surface area contributed by atoms with Gasteiger partial charge in [-0.25, -0.2) is 4.79 Å². The summed E-state index contributed by atoms with van der Waals surface area (Å²) in [6.45, 7) is 5.40. The van der Waals surface area contributed by atoms with Crippen molar-refractivity contribution in [3.8, 4) is 0 Å². The normalized spacial score (nSPS) is 11.7. The van der Waals surface area contributed by atoms with Crippen LogP contribution in [0.3, 0.4) is 0 Å². The number of aliphatic carboxylic acids is 1. The summed E-state index contributed by atoms with van der Waals surface area (Å²) in [4.78, 5) is 35.5. The molecule has 0 aliphatic rings. The SMILES string of the molecule is Cc1cc(NC(=O)CSCC(=O)NC(C(=O)O)c2cccc(C)c2C)no1. The maximum absolute atomic E-state index is 12.1. The summed E-state index contributed by atoms with van der Waals surface area (Å²) in [6, 6.07) is 5.76. The number of nitrogens with zero attached hydrogens (tertiary/aromatic N) is 1. The van der Waals surface area contributed by atoms with E-state index in [2.05, 4.69) is 15.8 Å². The van der Waals surface area contributed by atoms with E-state index in [1.54, 1.807) is 25.1 Å². The molecular formula is C18H21N3O5S. The molecule has 1 heterocycles. The van der Waals surface area contributed by atoms with Gasteiger partial charge in [-0.2, -0.15) is 0 Å². The van der Waals surface area contributed by atoms with Gasteiger partial charge in [-0.1, -0.05) is 23.4 Å². The highest BCUT2D eigenvalue weighted by atomic mass is 32.2. The molecule has 0 aliphatic carbocycles. The number of anilines is 1. The molecule has 2 aromatic rings. The van der Waals surface area contributed by atoms with Crippen LogP contribution in [0.2, 0.25) is 0 Å². The molecule has 2 amide bonds. The molecule has 1 unspecified atom stereocenters. The Morgan fingerprint density at radius 3 is 2.52 bits per heavy atom. The first-order valence-electron chi connectivity index (χ1n) is 8.17. The van der Waals surface area contributed by atoms with E-state index in [-0.39, 0.29) is 17.4 Å². The smallest absolute Gasteiger partial charge is 0.330 e. The van der Waals surface area contributed by atoms with Gasteiger partial charge in [-0.05, 0) is 37.5 Å². The first-order chi connectivity index (χ1) is 12.8. The fraction of sp³-hybridized carbons (Fsp3) is 0.333. The molecule has 9 heteroatoms. The number of carboxylic acid groups (broad SMARTS) is 1. The van der Waals surface area contributed by atoms with Crippen molar-refractivity contribution in [1.82, 2.24) is 10.5 Å². The molecule has 0 radical (unpaired) electrons. The second-order valence-electron chi connectivity index (χ2n) is 5.99. The molecule has 27 heavy (non-hydrogen) atoms. The van der Waals surface area contributed by atoms with Crippen molar-refractivity contribution in [2.45, 2.75) is 26.8 Å². The van der Waals surface area contributed by atoms with E-state index in [1.165, 1.54) is 0 Å². The maximum Gasteiger partial charge on any atom is 0.330 e. The van der Waals surface area contributed by atoms with Crippen molar-refractivity contribution in [2.75, 3.05) is 16.8 Å². The lowest BCUT2D eigenvalue weighted by Gasteiger charge is -2.18. The zero-order valence-electron chi connectivity index (χ0n) is 15.2. The third kappa shape index (κ3) is 5.85. The minimum Gasteiger partial charge on any atom is -0.479 e. The largest absolute Gasteiger partial charge is 0.479 e. The quantitative estimate of drug-likeness (QED) is 0.631. The van der Waals surface area contributed by atoms with Crippen LogP contribution in [0.4, 0.5) is 5.82 Å². The molecule has 0 fully saturated rings. The van der Waals surface area contributed by atoms with Crippen LogP contribution in [0.5, 0.6) is 0 Å². The summed E-state index contributed by atoms with van der Waals surface area (Å²) in [5.41, 5.74) is 2.31. The number of benzene rings is 1. The third-order valence-corrected chi connectivity index (χ3v) is 4.80. The number of aryl methyl sites for hydroxylation is 2. The summed E-state index contributed by atoms with van der Waals surface area (Å²) in [7, 11) is 0. The van der Waals surface area contributed by atoms with Crippen molar-refractivity contribution >= 4 is 35.4 Å². The van der Waals surface area contributed by atoms with Crippen LogP contribution in [0, 0.1) is 20.8 Å². The number of carboxylic acids is 1. The molecule has 0 saturated carbocycles. The van der Waals surface area contributed by atoms with Gasteiger partial charge in [0, 0.05) is 6.07 Å². The Balaban J connectivity index is 1.86. The predicted molar refractivity (Wildman–Crippen MR) is 102 cm³/mol. The highest BCUT2D eigenvalue weighted by Gasteiger charge is 2.24. The zero-order chi connectivity index (χ0) is 20.0. The van der Waals surface area contributed by atoms with Crippen LogP contribution in [-0.2, 0) is 14.4 Å². The molecule has 1 aromatic heterocycles. The molecule has 1 aromatic carbocycles. The van der Waals surface area contributed by atoms with Gasteiger partial charge in [0.15, 0.2) is 11.9 Å². The summed E-state index contributed by atoms with van der Waals surface area (Å²) in [5.74, 6) is -1.06. The fourth-order valence-corrected chi connectivity index (χ4v) is 3.03. The number of hydrogen-bond acceptors (Lipinski definition) is 6. The van der Waals surface area contributed by atoms with Crippen LogP contribution >= 0.6 is 11.8 Å². The van der Waals surface area contributed by atoms with Crippen molar-refractivity contribution < 1.29 is 24.0 Å². The lowest BCUT2D eigenvalue weighted by molar-refractivity contribution is -0.141. The minimum atomic E-state index is -1.14. The molecule has 0 saturated heterocycles. The van der Waals surface area contributed by atoms with Gasteiger partial charge < -0.3 is 20.3 Å². The highest BCUT2D eigenvalue weighted by molar-refractivity contribution is 8.00. The molecule has 0 bridgehead atoms. The standard InChI is InChI=1S/C18H21N3O5S/c1-10-5-4-6-13(12(10)3)17(18(24)25)20-16(23)9-27-8-15(22)19-14-7-11(2)26-21-14/h4-7,17H,8-9H2,1-3H3,(H,20,23)(H,24,25)(H,19,21,22). The molecule has 2 rings (SSSR count). The lowest BCUT2D eigenvalue weighted by atomic mass is 9.97. The molecule has 0 aliphatic heterocycles. The first kappa shape index (κ1) is 20.5. The Morgan fingerprint density at radius 1 is 1.19 bits per heavy atom. The van der Waals surface area contributed by atoms with E-state index < -0.39 is 17.9 Å². The summed E-state index contributed by atoms with van der Waals surface area (Å²) in [6.07, 6.45) is 0. The van der Waals surface area contributed by atoms with Gasteiger partial charge >= 0.3 is 5.97 Å². The number of thioether (sulfide) groups is 1. The van der Waals surface area contributed by atoms with Crippen LogP contribution in [0.25, 0.3) is 0 Å². The van der Waals surface area contributed by atoms with E-state index in [1.807, 2.05) is 19.9 Å². The average molecular weight is 391 g/mol.